The number of pyridine rings is 1. The zero-order valence-electron chi connectivity index (χ0n) is 19.6. The smallest absolute Gasteiger partial charge is 0.248 e. The Hall–Kier alpha value is -1.89. The summed E-state index contributed by atoms with van der Waals surface area (Å²) in [7, 11) is 0. The fraction of sp³-hybridized carbons (Fsp3) is 0.654. The molecule has 1 aromatic carbocycles. The Labute approximate surface area is 192 Å². The second-order valence-electron chi connectivity index (χ2n) is 9.50. The van der Waals surface area contributed by atoms with E-state index in [1.165, 1.54) is 83.1 Å². The van der Waals surface area contributed by atoms with Gasteiger partial charge in [0.25, 0.3) is 0 Å². The van der Waals surface area contributed by atoms with Crippen molar-refractivity contribution in [1.29, 1.82) is 0 Å². The van der Waals surface area contributed by atoms with Crippen LogP contribution in [0.5, 0.6) is 5.75 Å². The second kappa shape index (κ2) is 13.0. The molecule has 3 rings (SSSR count). The number of nitrogens with one attached hydrogen (secondary N) is 2. The summed E-state index contributed by atoms with van der Waals surface area (Å²) < 4.78 is 0. The van der Waals surface area contributed by atoms with Gasteiger partial charge in [-0.05, 0) is 75.5 Å². The number of phenols is 1. The van der Waals surface area contributed by atoms with Crippen molar-refractivity contribution in [2.45, 2.75) is 70.8 Å². The first-order chi connectivity index (χ1) is 15.5. The number of aliphatic hydroxyl groups excluding tert-OH is 1. The average molecular weight is 444 g/mol. The summed E-state index contributed by atoms with van der Waals surface area (Å²) in [5.74, 6) is 0.936. The zero-order valence-corrected chi connectivity index (χ0v) is 19.6. The fourth-order valence-corrected chi connectivity index (χ4v) is 4.65. The number of H-pyrrole nitrogens is 1. The molecule has 0 aliphatic carbocycles. The number of unbranched alkanes of at least 4 members (excludes halogenated alkanes) is 6. The van der Waals surface area contributed by atoms with Gasteiger partial charge >= 0.3 is 0 Å². The van der Waals surface area contributed by atoms with Gasteiger partial charge in [-0.15, -0.1) is 0 Å². The van der Waals surface area contributed by atoms with Gasteiger partial charge in [0, 0.05) is 18.0 Å². The molecular weight excluding hydrogens is 402 g/mol. The van der Waals surface area contributed by atoms with E-state index in [0.29, 0.717) is 23.0 Å². The van der Waals surface area contributed by atoms with Gasteiger partial charge in [-0.1, -0.05) is 45.1 Å². The third-order valence-electron chi connectivity index (χ3n) is 6.81. The Bertz CT molecular complexity index is 874. The molecule has 1 saturated heterocycles. The van der Waals surface area contributed by atoms with Crippen molar-refractivity contribution >= 4 is 10.9 Å². The highest BCUT2D eigenvalue weighted by molar-refractivity contribution is 5.87. The summed E-state index contributed by atoms with van der Waals surface area (Å²) in [5, 5.41) is 24.5. The molecule has 0 bridgehead atoms. The SMILES string of the molecule is CC1CCN(CCCCCCCCCNC[C@H](O)c2ccc(O)c3[nH]c(=O)ccc23)CC1. The molecule has 32 heavy (non-hydrogen) atoms. The van der Waals surface area contributed by atoms with Crippen molar-refractivity contribution in [2.75, 3.05) is 32.7 Å². The first-order valence-corrected chi connectivity index (χ1v) is 12.5. The van der Waals surface area contributed by atoms with Crippen LogP contribution in [0, 0.1) is 5.92 Å². The maximum Gasteiger partial charge on any atom is 0.248 e. The Morgan fingerprint density at radius 2 is 1.72 bits per heavy atom. The van der Waals surface area contributed by atoms with Crippen molar-refractivity contribution in [3.05, 3.63) is 40.2 Å². The van der Waals surface area contributed by atoms with Crippen LogP contribution in [0.3, 0.4) is 0 Å². The van der Waals surface area contributed by atoms with Gasteiger partial charge in [0.1, 0.15) is 5.75 Å². The fourth-order valence-electron chi connectivity index (χ4n) is 4.65. The summed E-state index contributed by atoms with van der Waals surface area (Å²) in [6.45, 7) is 7.59. The van der Waals surface area contributed by atoms with E-state index in [0.717, 1.165) is 18.9 Å². The van der Waals surface area contributed by atoms with Gasteiger partial charge in [0.05, 0.1) is 11.6 Å². The molecule has 6 nitrogen and oxygen atoms in total. The molecule has 0 amide bonds. The zero-order chi connectivity index (χ0) is 22.8. The summed E-state index contributed by atoms with van der Waals surface area (Å²) in [6, 6.07) is 6.30. The molecular formula is C26H41N3O3. The first-order valence-electron chi connectivity index (χ1n) is 12.5. The lowest BCUT2D eigenvalue weighted by atomic mass is 9.99. The number of hydrogen-bond donors (Lipinski definition) is 4. The molecule has 0 unspecified atom stereocenters. The van der Waals surface area contributed by atoms with Gasteiger partial charge < -0.3 is 25.4 Å². The van der Waals surface area contributed by atoms with Crippen molar-refractivity contribution < 1.29 is 10.2 Å². The van der Waals surface area contributed by atoms with Crippen LogP contribution in [0.4, 0.5) is 0 Å². The number of aromatic amines is 1. The highest BCUT2D eigenvalue weighted by Crippen LogP contribution is 2.28. The Morgan fingerprint density at radius 3 is 2.47 bits per heavy atom. The van der Waals surface area contributed by atoms with Crippen molar-refractivity contribution in [2.24, 2.45) is 5.92 Å². The summed E-state index contributed by atoms with van der Waals surface area (Å²) in [5.41, 5.74) is 0.814. The van der Waals surface area contributed by atoms with Crippen LogP contribution in [0.2, 0.25) is 0 Å². The van der Waals surface area contributed by atoms with E-state index >= 15 is 0 Å². The van der Waals surface area contributed by atoms with Crippen LogP contribution in [0.25, 0.3) is 10.9 Å². The number of rotatable bonds is 13. The number of fused-ring (bicyclic) bond motifs is 1. The Morgan fingerprint density at radius 1 is 1.03 bits per heavy atom. The second-order valence-corrected chi connectivity index (χ2v) is 9.50. The molecule has 1 fully saturated rings. The minimum atomic E-state index is -0.688. The lowest BCUT2D eigenvalue weighted by Gasteiger charge is -2.30. The molecule has 2 heterocycles. The van der Waals surface area contributed by atoms with Gasteiger partial charge in [-0.2, -0.15) is 0 Å². The number of aromatic nitrogens is 1. The average Bonchev–Trinajstić information content (AvgIpc) is 2.79. The van der Waals surface area contributed by atoms with Crippen LogP contribution in [0.15, 0.2) is 29.1 Å². The third kappa shape index (κ3) is 7.61. The number of phenolic OH excluding ortho intramolecular Hbond substituents is 1. The van der Waals surface area contributed by atoms with Crippen LogP contribution in [-0.2, 0) is 0 Å². The minimum Gasteiger partial charge on any atom is -0.506 e. The molecule has 0 spiro atoms. The minimum absolute atomic E-state index is 0.0164. The largest absolute Gasteiger partial charge is 0.506 e. The molecule has 6 heteroatoms. The summed E-state index contributed by atoms with van der Waals surface area (Å²) >= 11 is 0. The van der Waals surface area contributed by atoms with Gasteiger partial charge in [-0.3, -0.25) is 4.79 Å². The highest BCUT2D eigenvalue weighted by atomic mass is 16.3. The lowest BCUT2D eigenvalue weighted by Crippen LogP contribution is -2.33. The van der Waals surface area contributed by atoms with E-state index in [4.69, 9.17) is 0 Å². The van der Waals surface area contributed by atoms with E-state index in [9.17, 15) is 15.0 Å². The maximum absolute atomic E-state index is 11.5. The quantitative estimate of drug-likeness (QED) is 0.346. The first kappa shape index (κ1) is 24.7. The normalized spacial score (nSPS) is 16.6. The van der Waals surface area contributed by atoms with E-state index < -0.39 is 6.10 Å². The monoisotopic (exact) mass is 443 g/mol. The van der Waals surface area contributed by atoms with Crippen LogP contribution < -0.4 is 10.9 Å². The predicted molar refractivity (Wildman–Crippen MR) is 131 cm³/mol. The molecule has 4 N–H and O–H groups in total. The highest BCUT2D eigenvalue weighted by Gasteiger charge is 2.15. The van der Waals surface area contributed by atoms with Gasteiger partial charge in [0.2, 0.25) is 5.56 Å². The van der Waals surface area contributed by atoms with Crippen molar-refractivity contribution in [3.8, 4) is 5.75 Å². The van der Waals surface area contributed by atoms with E-state index in [1.807, 2.05) is 0 Å². The third-order valence-corrected chi connectivity index (χ3v) is 6.81. The topological polar surface area (TPSA) is 88.6 Å². The number of likely N-dealkylation sites (tertiary alicyclic amines) is 1. The van der Waals surface area contributed by atoms with Gasteiger partial charge in [-0.25, -0.2) is 0 Å². The van der Waals surface area contributed by atoms with E-state index in [1.54, 1.807) is 12.1 Å². The van der Waals surface area contributed by atoms with Crippen LogP contribution >= 0.6 is 0 Å². The molecule has 1 aliphatic rings. The number of nitrogens with zero attached hydrogens (tertiary/aromatic N) is 1. The molecule has 2 aromatic rings. The predicted octanol–water partition coefficient (Wildman–Crippen LogP) is 4.32. The van der Waals surface area contributed by atoms with Gasteiger partial charge in [0.15, 0.2) is 0 Å². The number of hydrogen-bond acceptors (Lipinski definition) is 5. The molecule has 0 saturated carbocycles. The molecule has 0 radical (unpaired) electrons. The molecule has 1 aromatic heterocycles. The number of aromatic hydroxyl groups is 1. The van der Waals surface area contributed by atoms with Crippen molar-refractivity contribution in [1.82, 2.24) is 15.2 Å². The number of benzene rings is 1. The standard InChI is InChI=1S/C26H41N3O3/c1-20-13-17-29(18-14-20)16-8-6-4-2-3-5-7-15-27-19-24(31)21-9-11-23(30)26-22(21)10-12-25(32)28-26/h9-12,20,24,27,30-31H,2-8,13-19H2,1H3,(H,28,32)/t24-/m0/s1. The number of aliphatic hydroxyl groups is 1. The van der Waals surface area contributed by atoms with Crippen molar-refractivity contribution in [3.63, 3.8) is 0 Å². The van der Waals surface area contributed by atoms with Crippen LogP contribution in [-0.4, -0.2) is 52.8 Å². The lowest BCUT2D eigenvalue weighted by molar-refractivity contribution is 0.176. The summed E-state index contributed by atoms with van der Waals surface area (Å²) in [4.78, 5) is 16.8. The Balaban J connectivity index is 1.22. The number of piperidine rings is 1. The molecule has 1 atom stereocenters. The molecule has 1 aliphatic heterocycles. The van der Waals surface area contributed by atoms with E-state index in [2.05, 4.69) is 22.1 Å². The van der Waals surface area contributed by atoms with Crippen LogP contribution in [0.1, 0.15) is 76.4 Å². The van der Waals surface area contributed by atoms with E-state index in [-0.39, 0.29) is 11.3 Å². The maximum atomic E-state index is 11.5. The summed E-state index contributed by atoms with van der Waals surface area (Å²) in [6.07, 6.45) is 11.0. The molecule has 178 valence electrons. The Kier molecular flexibility index (Phi) is 10.0.